The highest BCUT2D eigenvalue weighted by molar-refractivity contribution is 6.31. The minimum atomic E-state index is -4.18. The molecular weight excluding hydrogens is 265 g/mol. The molecule has 0 spiro atoms. The van der Waals surface area contributed by atoms with Gasteiger partial charge in [0.05, 0.1) is 6.54 Å². The van der Waals surface area contributed by atoms with E-state index in [9.17, 15) is 13.2 Å². The minimum Gasteiger partial charge on any atom is -0.324 e. The molecule has 0 fully saturated rings. The third-order valence-electron chi connectivity index (χ3n) is 2.58. The Morgan fingerprint density at radius 3 is 2.50 bits per heavy atom. The first-order chi connectivity index (χ1) is 8.29. The van der Waals surface area contributed by atoms with Gasteiger partial charge < -0.3 is 5.73 Å². The molecule has 0 bridgehead atoms. The summed E-state index contributed by atoms with van der Waals surface area (Å²) in [5.74, 6) is 0. The number of nitrogens with two attached hydrogens (primary N) is 1. The van der Waals surface area contributed by atoms with Gasteiger partial charge in [-0.3, -0.25) is 4.90 Å². The summed E-state index contributed by atoms with van der Waals surface area (Å²) in [5.41, 5.74) is 6.68. The van der Waals surface area contributed by atoms with Gasteiger partial charge in [0.2, 0.25) is 0 Å². The van der Waals surface area contributed by atoms with Gasteiger partial charge in [-0.05, 0) is 31.6 Å². The van der Waals surface area contributed by atoms with Gasteiger partial charge in [0.1, 0.15) is 0 Å². The molecule has 0 radical (unpaired) electrons. The standard InChI is InChI=1S/C12H16ClF3N2/c1-18(8-12(14,15)16)7-6-11(17)9-4-2-3-5-10(9)13/h2-5,11H,6-8,17H2,1H3. The maximum Gasteiger partial charge on any atom is 0.401 e. The molecule has 18 heavy (non-hydrogen) atoms. The first kappa shape index (κ1) is 15.3. The van der Waals surface area contributed by atoms with E-state index in [-0.39, 0.29) is 12.6 Å². The van der Waals surface area contributed by atoms with Crippen molar-refractivity contribution in [1.29, 1.82) is 0 Å². The molecule has 2 nitrogen and oxygen atoms in total. The summed E-state index contributed by atoms with van der Waals surface area (Å²) in [7, 11) is 1.42. The van der Waals surface area contributed by atoms with E-state index in [0.29, 0.717) is 11.4 Å². The van der Waals surface area contributed by atoms with Crippen molar-refractivity contribution in [3.05, 3.63) is 34.9 Å². The number of rotatable bonds is 5. The summed E-state index contributed by atoms with van der Waals surface area (Å²) in [6.45, 7) is -0.659. The van der Waals surface area contributed by atoms with Gasteiger partial charge in [0.15, 0.2) is 0 Å². The molecule has 1 atom stereocenters. The monoisotopic (exact) mass is 280 g/mol. The Labute approximate surface area is 110 Å². The van der Waals surface area contributed by atoms with E-state index in [2.05, 4.69) is 0 Å². The number of benzene rings is 1. The van der Waals surface area contributed by atoms with E-state index in [1.54, 1.807) is 24.3 Å². The lowest BCUT2D eigenvalue weighted by molar-refractivity contribution is -0.143. The molecule has 6 heteroatoms. The second-order valence-corrected chi connectivity index (χ2v) is 4.68. The van der Waals surface area contributed by atoms with Crippen LogP contribution in [0, 0.1) is 0 Å². The number of alkyl halides is 3. The Bertz CT molecular complexity index is 382. The lowest BCUT2D eigenvalue weighted by Gasteiger charge is -2.21. The van der Waals surface area contributed by atoms with E-state index < -0.39 is 12.7 Å². The predicted molar refractivity (Wildman–Crippen MR) is 66.5 cm³/mol. The molecule has 1 aromatic rings. The average molecular weight is 281 g/mol. The van der Waals surface area contributed by atoms with Crippen molar-refractivity contribution >= 4 is 11.6 Å². The van der Waals surface area contributed by atoms with Crippen molar-refractivity contribution in [1.82, 2.24) is 4.90 Å². The molecule has 0 aromatic heterocycles. The van der Waals surface area contributed by atoms with Crippen molar-refractivity contribution in [3.63, 3.8) is 0 Å². The van der Waals surface area contributed by atoms with E-state index in [4.69, 9.17) is 17.3 Å². The normalized spacial score (nSPS) is 13.9. The van der Waals surface area contributed by atoms with E-state index in [0.717, 1.165) is 5.56 Å². The fourth-order valence-corrected chi connectivity index (χ4v) is 1.95. The zero-order valence-electron chi connectivity index (χ0n) is 10.0. The number of hydrogen-bond acceptors (Lipinski definition) is 2. The maximum absolute atomic E-state index is 12.1. The lowest BCUT2D eigenvalue weighted by Crippen LogP contribution is -2.33. The summed E-state index contributed by atoms with van der Waals surface area (Å²) in [5, 5.41) is 0.545. The topological polar surface area (TPSA) is 29.3 Å². The number of nitrogens with zero attached hydrogens (tertiary/aromatic N) is 1. The Kier molecular flexibility index (Phi) is 5.44. The predicted octanol–water partition coefficient (Wildman–Crippen LogP) is 3.22. The first-order valence-corrected chi connectivity index (χ1v) is 5.92. The lowest BCUT2D eigenvalue weighted by atomic mass is 10.0. The van der Waals surface area contributed by atoms with Crippen LogP contribution in [0.2, 0.25) is 5.02 Å². The molecule has 1 aromatic carbocycles. The van der Waals surface area contributed by atoms with Crippen LogP contribution in [0.5, 0.6) is 0 Å². The third-order valence-corrected chi connectivity index (χ3v) is 2.92. The van der Waals surface area contributed by atoms with Crippen LogP contribution in [0.15, 0.2) is 24.3 Å². The second kappa shape index (κ2) is 6.41. The summed E-state index contributed by atoms with van der Waals surface area (Å²) < 4.78 is 36.4. The maximum atomic E-state index is 12.1. The van der Waals surface area contributed by atoms with Gasteiger partial charge in [-0.2, -0.15) is 13.2 Å². The second-order valence-electron chi connectivity index (χ2n) is 4.27. The average Bonchev–Trinajstić information content (AvgIpc) is 2.24. The van der Waals surface area contributed by atoms with Crippen molar-refractivity contribution < 1.29 is 13.2 Å². The Morgan fingerprint density at radius 2 is 1.94 bits per heavy atom. The smallest absolute Gasteiger partial charge is 0.324 e. The molecular formula is C12H16ClF3N2. The third kappa shape index (κ3) is 5.25. The van der Waals surface area contributed by atoms with Gasteiger partial charge in [-0.15, -0.1) is 0 Å². The highest BCUT2D eigenvalue weighted by atomic mass is 35.5. The molecule has 0 aliphatic carbocycles. The summed E-state index contributed by atoms with van der Waals surface area (Å²) in [4.78, 5) is 1.21. The molecule has 2 N–H and O–H groups in total. The highest BCUT2D eigenvalue weighted by Gasteiger charge is 2.29. The first-order valence-electron chi connectivity index (χ1n) is 5.55. The van der Waals surface area contributed by atoms with Crippen molar-refractivity contribution in [2.75, 3.05) is 20.1 Å². The van der Waals surface area contributed by atoms with Crippen LogP contribution in [-0.2, 0) is 0 Å². The highest BCUT2D eigenvalue weighted by Crippen LogP contribution is 2.23. The Morgan fingerprint density at radius 1 is 1.33 bits per heavy atom. The molecule has 0 aliphatic heterocycles. The fourth-order valence-electron chi connectivity index (χ4n) is 1.68. The van der Waals surface area contributed by atoms with Crippen LogP contribution in [0.4, 0.5) is 13.2 Å². The Hall–Kier alpha value is -0.780. The molecule has 102 valence electrons. The zero-order chi connectivity index (χ0) is 13.8. The van der Waals surface area contributed by atoms with Gasteiger partial charge in [-0.1, -0.05) is 29.8 Å². The number of halogens is 4. The van der Waals surface area contributed by atoms with E-state index >= 15 is 0 Å². The zero-order valence-corrected chi connectivity index (χ0v) is 10.8. The number of hydrogen-bond donors (Lipinski definition) is 1. The van der Waals surface area contributed by atoms with E-state index in [1.807, 2.05) is 0 Å². The Balaban J connectivity index is 2.47. The van der Waals surface area contributed by atoms with Crippen molar-refractivity contribution in [2.24, 2.45) is 5.73 Å². The summed E-state index contributed by atoms with van der Waals surface area (Å²) in [6, 6.07) is 6.75. The largest absolute Gasteiger partial charge is 0.401 e. The summed E-state index contributed by atoms with van der Waals surface area (Å²) >= 11 is 5.97. The molecule has 1 rings (SSSR count). The van der Waals surface area contributed by atoms with Crippen LogP contribution < -0.4 is 5.73 Å². The molecule has 0 saturated heterocycles. The van der Waals surface area contributed by atoms with Gasteiger partial charge in [-0.25, -0.2) is 0 Å². The SMILES string of the molecule is CN(CCC(N)c1ccccc1Cl)CC(F)(F)F. The van der Waals surface area contributed by atoms with Crippen LogP contribution in [0.3, 0.4) is 0 Å². The molecule has 1 unspecified atom stereocenters. The van der Waals surface area contributed by atoms with Crippen LogP contribution in [0.1, 0.15) is 18.0 Å². The molecule has 0 heterocycles. The van der Waals surface area contributed by atoms with Crippen LogP contribution in [-0.4, -0.2) is 31.2 Å². The van der Waals surface area contributed by atoms with Gasteiger partial charge in [0, 0.05) is 11.1 Å². The minimum absolute atomic E-state index is 0.270. The van der Waals surface area contributed by atoms with Crippen molar-refractivity contribution in [2.45, 2.75) is 18.6 Å². The molecule has 0 aliphatic rings. The van der Waals surface area contributed by atoms with Gasteiger partial charge >= 0.3 is 6.18 Å². The molecule has 0 amide bonds. The summed E-state index contributed by atoms with van der Waals surface area (Å²) in [6.07, 6.45) is -3.75. The van der Waals surface area contributed by atoms with Crippen molar-refractivity contribution in [3.8, 4) is 0 Å². The van der Waals surface area contributed by atoms with E-state index in [1.165, 1.54) is 11.9 Å². The van der Waals surface area contributed by atoms with Gasteiger partial charge in [0.25, 0.3) is 0 Å². The molecule has 0 saturated carbocycles. The van der Waals surface area contributed by atoms with Crippen LogP contribution in [0.25, 0.3) is 0 Å². The fraction of sp³-hybridized carbons (Fsp3) is 0.500. The quantitative estimate of drug-likeness (QED) is 0.897. The van der Waals surface area contributed by atoms with Crippen LogP contribution >= 0.6 is 11.6 Å².